The van der Waals surface area contributed by atoms with Crippen molar-refractivity contribution in [3.63, 3.8) is 0 Å². The minimum atomic E-state index is -0.0825. The fourth-order valence-corrected chi connectivity index (χ4v) is 1.68. The van der Waals surface area contributed by atoms with Crippen molar-refractivity contribution in [2.24, 2.45) is 5.73 Å². The van der Waals surface area contributed by atoms with Gasteiger partial charge in [-0.25, -0.2) is 0 Å². The molecule has 1 atom stereocenters. The molecule has 0 heterocycles. The topological polar surface area (TPSA) is 26.0 Å². The van der Waals surface area contributed by atoms with Crippen molar-refractivity contribution >= 4 is 15.9 Å². The Kier molecular flexibility index (Phi) is 3.51. The Hall–Kier alpha value is -0.340. The summed E-state index contributed by atoms with van der Waals surface area (Å²) < 4.78 is 1.12. The standard InChI is InChI=1S/C11H16BrN/c1-3-11(2,13)8-9-5-4-6-10(12)7-9/h4-7H,3,8,13H2,1-2H3. The lowest BCUT2D eigenvalue weighted by Gasteiger charge is -2.22. The summed E-state index contributed by atoms with van der Waals surface area (Å²) in [6, 6.07) is 8.32. The van der Waals surface area contributed by atoms with E-state index < -0.39 is 0 Å². The molecule has 1 nitrogen and oxygen atoms in total. The molecule has 1 aromatic carbocycles. The fraction of sp³-hybridized carbons (Fsp3) is 0.455. The van der Waals surface area contributed by atoms with Crippen molar-refractivity contribution in [1.82, 2.24) is 0 Å². The zero-order valence-corrected chi connectivity index (χ0v) is 9.76. The van der Waals surface area contributed by atoms with Crippen LogP contribution in [0, 0.1) is 0 Å². The van der Waals surface area contributed by atoms with Crippen LogP contribution in [-0.2, 0) is 6.42 Å². The third-order valence-electron chi connectivity index (χ3n) is 2.30. The first kappa shape index (κ1) is 10.7. The van der Waals surface area contributed by atoms with Gasteiger partial charge in [-0.3, -0.25) is 0 Å². The number of hydrogen-bond acceptors (Lipinski definition) is 1. The molecule has 0 amide bonds. The SMILES string of the molecule is CCC(C)(N)Cc1cccc(Br)c1. The molecular formula is C11H16BrN. The Morgan fingerprint density at radius 1 is 1.46 bits per heavy atom. The predicted octanol–water partition coefficient (Wildman–Crippen LogP) is 3.12. The molecule has 1 rings (SSSR count). The normalized spacial score (nSPS) is 15.4. The van der Waals surface area contributed by atoms with Gasteiger partial charge in [-0.15, -0.1) is 0 Å². The highest BCUT2D eigenvalue weighted by atomic mass is 79.9. The van der Waals surface area contributed by atoms with Crippen LogP contribution in [0.15, 0.2) is 28.7 Å². The Morgan fingerprint density at radius 3 is 2.69 bits per heavy atom. The molecule has 0 saturated carbocycles. The minimum Gasteiger partial charge on any atom is -0.325 e. The van der Waals surface area contributed by atoms with Gasteiger partial charge in [-0.1, -0.05) is 35.0 Å². The van der Waals surface area contributed by atoms with Crippen molar-refractivity contribution in [1.29, 1.82) is 0 Å². The zero-order chi connectivity index (χ0) is 9.90. The first-order valence-electron chi connectivity index (χ1n) is 4.57. The Balaban J connectivity index is 2.74. The molecular weight excluding hydrogens is 226 g/mol. The molecule has 13 heavy (non-hydrogen) atoms. The second kappa shape index (κ2) is 4.25. The van der Waals surface area contributed by atoms with Gasteiger partial charge in [0.05, 0.1) is 0 Å². The summed E-state index contributed by atoms with van der Waals surface area (Å²) in [5.74, 6) is 0. The lowest BCUT2D eigenvalue weighted by molar-refractivity contribution is 0.450. The van der Waals surface area contributed by atoms with Gasteiger partial charge in [0.1, 0.15) is 0 Å². The molecule has 0 aliphatic rings. The van der Waals surface area contributed by atoms with Crippen LogP contribution < -0.4 is 5.73 Å². The molecule has 0 aromatic heterocycles. The largest absolute Gasteiger partial charge is 0.325 e. The number of hydrogen-bond donors (Lipinski definition) is 1. The van der Waals surface area contributed by atoms with Crippen LogP contribution >= 0.6 is 15.9 Å². The number of rotatable bonds is 3. The summed E-state index contributed by atoms with van der Waals surface area (Å²) in [6.45, 7) is 4.21. The lowest BCUT2D eigenvalue weighted by atomic mass is 9.92. The van der Waals surface area contributed by atoms with Crippen molar-refractivity contribution in [3.8, 4) is 0 Å². The maximum atomic E-state index is 6.08. The van der Waals surface area contributed by atoms with Crippen LogP contribution in [0.5, 0.6) is 0 Å². The van der Waals surface area contributed by atoms with E-state index in [1.54, 1.807) is 0 Å². The second-order valence-electron chi connectivity index (χ2n) is 3.81. The van der Waals surface area contributed by atoms with Crippen molar-refractivity contribution in [3.05, 3.63) is 34.3 Å². The smallest absolute Gasteiger partial charge is 0.0178 e. The minimum absolute atomic E-state index is 0.0825. The van der Waals surface area contributed by atoms with E-state index in [1.165, 1.54) is 5.56 Å². The summed E-state index contributed by atoms with van der Waals surface area (Å²) in [4.78, 5) is 0. The number of benzene rings is 1. The van der Waals surface area contributed by atoms with E-state index in [-0.39, 0.29) is 5.54 Å². The van der Waals surface area contributed by atoms with E-state index in [2.05, 4.69) is 41.9 Å². The van der Waals surface area contributed by atoms with Crippen LogP contribution in [0.4, 0.5) is 0 Å². The van der Waals surface area contributed by atoms with Gasteiger partial charge < -0.3 is 5.73 Å². The van der Waals surface area contributed by atoms with E-state index in [4.69, 9.17) is 5.73 Å². The fourth-order valence-electron chi connectivity index (χ4n) is 1.24. The third-order valence-corrected chi connectivity index (χ3v) is 2.80. The molecule has 0 bridgehead atoms. The molecule has 2 heteroatoms. The van der Waals surface area contributed by atoms with E-state index in [0.717, 1.165) is 17.3 Å². The Morgan fingerprint density at radius 2 is 2.15 bits per heavy atom. The molecule has 0 spiro atoms. The molecule has 0 fully saturated rings. The average molecular weight is 242 g/mol. The van der Waals surface area contributed by atoms with Gasteiger partial charge in [0.25, 0.3) is 0 Å². The van der Waals surface area contributed by atoms with Crippen LogP contribution in [0.25, 0.3) is 0 Å². The van der Waals surface area contributed by atoms with Crippen molar-refractivity contribution in [2.75, 3.05) is 0 Å². The molecule has 0 saturated heterocycles. The van der Waals surface area contributed by atoms with E-state index >= 15 is 0 Å². The maximum Gasteiger partial charge on any atom is 0.0178 e. The van der Waals surface area contributed by atoms with Gasteiger partial charge >= 0.3 is 0 Å². The summed E-state index contributed by atoms with van der Waals surface area (Å²) in [5.41, 5.74) is 7.29. The highest BCUT2D eigenvalue weighted by Gasteiger charge is 2.15. The van der Waals surface area contributed by atoms with Gasteiger partial charge in [0.2, 0.25) is 0 Å². The quantitative estimate of drug-likeness (QED) is 0.865. The summed E-state index contributed by atoms with van der Waals surface area (Å²) in [7, 11) is 0. The first-order valence-corrected chi connectivity index (χ1v) is 5.36. The van der Waals surface area contributed by atoms with Gasteiger partial charge in [0, 0.05) is 10.0 Å². The molecule has 1 aromatic rings. The van der Waals surface area contributed by atoms with Crippen molar-refractivity contribution in [2.45, 2.75) is 32.2 Å². The molecule has 0 aliphatic carbocycles. The average Bonchev–Trinajstić information content (AvgIpc) is 2.03. The Labute approximate surface area is 88.5 Å². The zero-order valence-electron chi connectivity index (χ0n) is 8.18. The van der Waals surface area contributed by atoms with Crippen LogP contribution in [0.1, 0.15) is 25.8 Å². The highest BCUT2D eigenvalue weighted by molar-refractivity contribution is 9.10. The van der Waals surface area contributed by atoms with Gasteiger partial charge in [-0.2, -0.15) is 0 Å². The summed E-state index contributed by atoms with van der Waals surface area (Å²) in [5, 5.41) is 0. The molecule has 72 valence electrons. The summed E-state index contributed by atoms with van der Waals surface area (Å²) in [6.07, 6.45) is 1.93. The molecule has 1 unspecified atom stereocenters. The summed E-state index contributed by atoms with van der Waals surface area (Å²) >= 11 is 3.45. The first-order chi connectivity index (χ1) is 6.03. The van der Waals surface area contributed by atoms with E-state index in [9.17, 15) is 0 Å². The highest BCUT2D eigenvalue weighted by Crippen LogP contribution is 2.17. The molecule has 0 aliphatic heterocycles. The lowest BCUT2D eigenvalue weighted by Crippen LogP contribution is -2.37. The van der Waals surface area contributed by atoms with Crippen LogP contribution in [0.2, 0.25) is 0 Å². The van der Waals surface area contributed by atoms with Gasteiger partial charge in [-0.05, 0) is 37.5 Å². The second-order valence-corrected chi connectivity index (χ2v) is 4.73. The number of nitrogens with two attached hydrogens (primary N) is 1. The molecule has 0 radical (unpaired) electrons. The monoisotopic (exact) mass is 241 g/mol. The predicted molar refractivity (Wildman–Crippen MR) is 60.7 cm³/mol. The van der Waals surface area contributed by atoms with E-state index in [1.807, 2.05) is 12.1 Å². The molecule has 2 N–H and O–H groups in total. The van der Waals surface area contributed by atoms with Crippen LogP contribution in [-0.4, -0.2) is 5.54 Å². The van der Waals surface area contributed by atoms with E-state index in [0.29, 0.717) is 0 Å². The number of halogens is 1. The third kappa shape index (κ3) is 3.49. The maximum absolute atomic E-state index is 6.08. The van der Waals surface area contributed by atoms with Gasteiger partial charge in [0.15, 0.2) is 0 Å². The van der Waals surface area contributed by atoms with Crippen LogP contribution in [0.3, 0.4) is 0 Å². The van der Waals surface area contributed by atoms with Crippen molar-refractivity contribution < 1.29 is 0 Å². The Bertz CT molecular complexity index is 281.